The van der Waals surface area contributed by atoms with Crippen molar-refractivity contribution in [2.45, 2.75) is 6.42 Å². The molecule has 0 fully saturated rings. The second kappa shape index (κ2) is 4.85. The first kappa shape index (κ1) is 12.1. The third-order valence-electron chi connectivity index (χ3n) is 2.79. The Hall–Kier alpha value is -1.39. The summed E-state index contributed by atoms with van der Waals surface area (Å²) in [5, 5.41) is 2.25. The summed E-state index contributed by atoms with van der Waals surface area (Å²) < 4.78 is 26.1. The highest BCUT2D eigenvalue weighted by Gasteiger charge is 2.03. The molecule has 4 heteroatoms. The molecule has 0 bridgehead atoms. The van der Waals surface area contributed by atoms with Crippen molar-refractivity contribution in [2.75, 3.05) is 12.8 Å². The van der Waals surface area contributed by atoms with Gasteiger partial charge in [-0.3, -0.25) is 0 Å². The molecule has 2 rings (SSSR count). The maximum absolute atomic E-state index is 11.3. The second-order valence-electron chi connectivity index (χ2n) is 3.86. The topological polar surface area (TPSA) is 48.2 Å². The lowest BCUT2D eigenvalue weighted by Gasteiger charge is -2.13. The van der Waals surface area contributed by atoms with E-state index in [0.717, 1.165) is 16.3 Å². The molecule has 0 aliphatic carbocycles. The van der Waals surface area contributed by atoms with Gasteiger partial charge in [0.05, 0.1) is 10.0 Å². The number of nitrogens with zero attached hydrogens (tertiary/aromatic N) is 1. The van der Waals surface area contributed by atoms with E-state index in [4.69, 9.17) is 0 Å². The minimum atomic E-state index is -3.26. The van der Waals surface area contributed by atoms with Crippen molar-refractivity contribution in [1.29, 1.82) is 0 Å². The number of benzene rings is 2. The van der Waals surface area contributed by atoms with E-state index in [0.29, 0.717) is 6.42 Å². The summed E-state index contributed by atoms with van der Waals surface area (Å²) in [5.74, 6) is 0.0670. The summed E-state index contributed by atoms with van der Waals surface area (Å²) in [6.07, 6.45) is 0.501. The first-order valence-corrected chi connectivity index (χ1v) is 7.04. The molecule has 0 amide bonds. The number of sulfonamides is 1. The van der Waals surface area contributed by atoms with Crippen molar-refractivity contribution in [3.63, 3.8) is 0 Å². The van der Waals surface area contributed by atoms with Crippen molar-refractivity contribution < 1.29 is 8.42 Å². The van der Waals surface area contributed by atoms with Crippen LogP contribution in [0.5, 0.6) is 0 Å². The number of aryl methyl sites for hydroxylation is 1. The Kier molecular flexibility index (Phi) is 3.45. The largest absolute Gasteiger partial charge is 0.552 e. The van der Waals surface area contributed by atoms with Gasteiger partial charge in [-0.1, -0.05) is 42.5 Å². The van der Waals surface area contributed by atoms with E-state index in [2.05, 4.69) is 4.72 Å². The lowest BCUT2D eigenvalue weighted by atomic mass is 10.0. The molecule has 2 aromatic carbocycles. The molecule has 0 aliphatic rings. The van der Waals surface area contributed by atoms with Crippen LogP contribution in [0.2, 0.25) is 0 Å². The zero-order chi connectivity index (χ0) is 12.3. The molecule has 3 nitrogen and oxygen atoms in total. The maximum atomic E-state index is 11.3. The molecule has 0 atom stereocenters. The van der Waals surface area contributed by atoms with Crippen LogP contribution < -0.4 is 0 Å². The van der Waals surface area contributed by atoms with Crippen molar-refractivity contribution in [1.82, 2.24) is 0 Å². The molecule has 0 radical (unpaired) electrons. The van der Waals surface area contributed by atoms with Gasteiger partial charge in [-0.05, 0) is 22.8 Å². The van der Waals surface area contributed by atoms with Gasteiger partial charge >= 0.3 is 0 Å². The van der Waals surface area contributed by atoms with Crippen molar-refractivity contribution in [3.05, 3.63) is 52.8 Å². The lowest BCUT2D eigenvalue weighted by Crippen LogP contribution is -2.06. The molecule has 17 heavy (non-hydrogen) atoms. The van der Waals surface area contributed by atoms with Crippen LogP contribution in [0.1, 0.15) is 5.56 Å². The summed E-state index contributed by atoms with van der Waals surface area (Å²) >= 11 is 0. The van der Waals surface area contributed by atoms with Crippen LogP contribution in [0.3, 0.4) is 0 Å². The van der Waals surface area contributed by atoms with Gasteiger partial charge in [0, 0.05) is 5.75 Å². The maximum Gasteiger partial charge on any atom is 0.0723 e. The predicted molar refractivity (Wildman–Crippen MR) is 70.7 cm³/mol. The minimum absolute atomic E-state index is 0.0670. The SMILES string of the molecule is C[N-]S(=O)(=O)CCc1cccc2ccccc12. The van der Waals surface area contributed by atoms with Gasteiger partial charge in [-0.15, -0.1) is 0 Å². The Labute approximate surface area is 102 Å². The molecular weight excluding hydrogens is 234 g/mol. The molecule has 0 N–H and O–H groups in total. The number of hydrogen-bond donors (Lipinski definition) is 0. The number of fused-ring (bicyclic) bond motifs is 1. The van der Waals surface area contributed by atoms with Gasteiger partial charge in [0.1, 0.15) is 0 Å². The van der Waals surface area contributed by atoms with E-state index in [-0.39, 0.29) is 5.75 Å². The van der Waals surface area contributed by atoms with Crippen LogP contribution >= 0.6 is 0 Å². The third-order valence-corrected chi connectivity index (χ3v) is 4.06. The van der Waals surface area contributed by atoms with Crippen LogP contribution in [0.4, 0.5) is 0 Å². The van der Waals surface area contributed by atoms with Gasteiger partial charge in [-0.25, -0.2) is 8.42 Å². The van der Waals surface area contributed by atoms with Crippen LogP contribution in [0, 0.1) is 0 Å². The van der Waals surface area contributed by atoms with Gasteiger partial charge < -0.3 is 4.72 Å². The Bertz CT molecular complexity index is 615. The predicted octanol–water partition coefficient (Wildman–Crippen LogP) is 2.72. The summed E-state index contributed by atoms with van der Waals surface area (Å²) in [5.41, 5.74) is 1.05. The first-order chi connectivity index (χ1) is 8.12. The van der Waals surface area contributed by atoms with Gasteiger partial charge in [0.2, 0.25) is 0 Å². The average Bonchev–Trinajstić information content (AvgIpc) is 2.36. The normalized spacial score (nSPS) is 11.8. The summed E-state index contributed by atoms with van der Waals surface area (Å²) in [7, 11) is -1.94. The van der Waals surface area contributed by atoms with E-state index in [1.165, 1.54) is 7.05 Å². The molecule has 0 unspecified atom stereocenters. The highest BCUT2D eigenvalue weighted by molar-refractivity contribution is 7.93. The van der Waals surface area contributed by atoms with E-state index < -0.39 is 10.0 Å². The van der Waals surface area contributed by atoms with Crippen LogP contribution in [0.25, 0.3) is 15.5 Å². The van der Waals surface area contributed by atoms with Crippen LogP contribution in [-0.4, -0.2) is 21.2 Å². The zero-order valence-electron chi connectivity index (χ0n) is 9.63. The molecule has 0 aromatic heterocycles. The van der Waals surface area contributed by atoms with E-state index >= 15 is 0 Å². The lowest BCUT2D eigenvalue weighted by molar-refractivity contribution is 0.602. The van der Waals surface area contributed by atoms with Gasteiger partial charge in [-0.2, -0.15) is 7.05 Å². The Morgan fingerprint density at radius 2 is 1.76 bits per heavy atom. The average molecular weight is 248 g/mol. The van der Waals surface area contributed by atoms with Crippen molar-refractivity contribution >= 4 is 20.8 Å². The van der Waals surface area contributed by atoms with E-state index in [1.807, 2.05) is 42.5 Å². The molecule has 0 saturated heterocycles. The number of rotatable bonds is 4. The quantitative estimate of drug-likeness (QED) is 0.835. The first-order valence-electron chi connectivity index (χ1n) is 5.43. The fourth-order valence-corrected chi connectivity index (χ4v) is 2.50. The highest BCUT2D eigenvalue weighted by Crippen LogP contribution is 2.19. The Balaban J connectivity index is 2.31. The fourth-order valence-electron chi connectivity index (χ4n) is 1.84. The molecule has 2 aromatic rings. The number of hydrogen-bond acceptors (Lipinski definition) is 2. The molecule has 0 aliphatic heterocycles. The van der Waals surface area contributed by atoms with Crippen molar-refractivity contribution in [3.8, 4) is 0 Å². The highest BCUT2D eigenvalue weighted by atomic mass is 32.2. The van der Waals surface area contributed by atoms with E-state index in [1.54, 1.807) is 0 Å². The van der Waals surface area contributed by atoms with Gasteiger partial charge in [0.15, 0.2) is 0 Å². The zero-order valence-corrected chi connectivity index (χ0v) is 10.4. The third kappa shape index (κ3) is 2.84. The van der Waals surface area contributed by atoms with Gasteiger partial charge in [0.25, 0.3) is 0 Å². The fraction of sp³-hybridized carbons (Fsp3) is 0.231. The molecule has 0 saturated carbocycles. The Morgan fingerprint density at radius 3 is 2.53 bits per heavy atom. The van der Waals surface area contributed by atoms with Crippen LogP contribution in [0.15, 0.2) is 42.5 Å². The standard InChI is InChI=1S/C13H14NO2S/c1-14-17(15,16)10-9-12-7-4-6-11-5-2-3-8-13(11)12/h2-8H,9-10H2,1H3/q-1. The smallest absolute Gasteiger partial charge is 0.0723 e. The summed E-state index contributed by atoms with van der Waals surface area (Å²) in [6, 6.07) is 13.9. The van der Waals surface area contributed by atoms with E-state index in [9.17, 15) is 8.42 Å². The minimum Gasteiger partial charge on any atom is -0.552 e. The molecule has 0 spiro atoms. The molecule has 90 valence electrons. The summed E-state index contributed by atoms with van der Waals surface area (Å²) in [6.45, 7) is 0. The Morgan fingerprint density at radius 1 is 1.06 bits per heavy atom. The van der Waals surface area contributed by atoms with Crippen LogP contribution in [-0.2, 0) is 16.4 Å². The monoisotopic (exact) mass is 248 g/mol. The molecule has 0 heterocycles. The second-order valence-corrected chi connectivity index (χ2v) is 5.79. The molecular formula is C13H14NO2S-. The summed E-state index contributed by atoms with van der Waals surface area (Å²) in [4.78, 5) is 0. The van der Waals surface area contributed by atoms with Crippen molar-refractivity contribution in [2.24, 2.45) is 0 Å².